The lowest BCUT2D eigenvalue weighted by Crippen LogP contribution is -2.44. The van der Waals surface area contributed by atoms with Crippen LogP contribution in [0.4, 0.5) is 0 Å². The summed E-state index contributed by atoms with van der Waals surface area (Å²) in [4.78, 5) is 12.4. The van der Waals surface area contributed by atoms with Crippen LogP contribution in [0.1, 0.15) is 39.0 Å². The van der Waals surface area contributed by atoms with Crippen LogP contribution in [0.2, 0.25) is 0 Å². The summed E-state index contributed by atoms with van der Waals surface area (Å²) in [7, 11) is 0. The van der Waals surface area contributed by atoms with Crippen LogP contribution in [0.5, 0.6) is 0 Å². The van der Waals surface area contributed by atoms with E-state index in [2.05, 4.69) is 17.6 Å². The van der Waals surface area contributed by atoms with Gasteiger partial charge in [-0.15, -0.1) is 0 Å². The summed E-state index contributed by atoms with van der Waals surface area (Å²) in [5.41, 5.74) is -0.139. The molecule has 2 heterocycles. The molecule has 2 saturated heterocycles. The van der Waals surface area contributed by atoms with Crippen LogP contribution < -0.4 is 10.6 Å². The lowest BCUT2D eigenvalue weighted by Gasteiger charge is -2.28. The molecular formula is C14H26N2O2. The second-order valence-corrected chi connectivity index (χ2v) is 5.72. The maximum absolute atomic E-state index is 12.4. The van der Waals surface area contributed by atoms with Crippen LogP contribution in [0, 0.1) is 11.3 Å². The Hall–Kier alpha value is -0.610. The lowest BCUT2D eigenvalue weighted by molar-refractivity contribution is -0.130. The normalized spacial score (nSPS) is 29.4. The second-order valence-electron chi connectivity index (χ2n) is 5.72. The van der Waals surface area contributed by atoms with Crippen LogP contribution in [0.3, 0.4) is 0 Å². The van der Waals surface area contributed by atoms with Crippen molar-refractivity contribution in [2.45, 2.75) is 39.0 Å². The zero-order chi connectivity index (χ0) is 12.8. The fraction of sp³-hybridized carbons (Fsp3) is 0.929. The van der Waals surface area contributed by atoms with Gasteiger partial charge in [0, 0.05) is 26.3 Å². The lowest BCUT2D eigenvalue weighted by atomic mass is 9.81. The van der Waals surface area contributed by atoms with Crippen molar-refractivity contribution < 1.29 is 9.53 Å². The molecule has 4 nitrogen and oxygen atoms in total. The Labute approximate surface area is 110 Å². The van der Waals surface area contributed by atoms with Crippen molar-refractivity contribution in [3.63, 3.8) is 0 Å². The fourth-order valence-electron chi connectivity index (χ4n) is 3.12. The average molecular weight is 254 g/mol. The Bertz CT molecular complexity index is 269. The number of amides is 1. The van der Waals surface area contributed by atoms with Gasteiger partial charge in [0.15, 0.2) is 0 Å². The van der Waals surface area contributed by atoms with Gasteiger partial charge in [0.2, 0.25) is 5.91 Å². The number of hydrogen-bond donors (Lipinski definition) is 2. The zero-order valence-electron chi connectivity index (χ0n) is 11.5. The highest BCUT2D eigenvalue weighted by Crippen LogP contribution is 2.31. The van der Waals surface area contributed by atoms with E-state index in [1.165, 1.54) is 0 Å². The molecule has 2 fully saturated rings. The predicted molar refractivity (Wildman–Crippen MR) is 71.4 cm³/mol. The van der Waals surface area contributed by atoms with Gasteiger partial charge in [-0.05, 0) is 38.1 Å². The maximum Gasteiger partial charge on any atom is 0.227 e. The van der Waals surface area contributed by atoms with Gasteiger partial charge in [-0.2, -0.15) is 0 Å². The summed E-state index contributed by atoms with van der Waals surface area (Å²) >= 11 is 0. The molecule has 0 radical (unpaired) electrons. The molecule has 0 aromatic carbocycles. The van der Waals surface area contributed by atoms with E-state index in [9.17, 15) is 4.79 Å². The number of carbonyl (C=O) groups excluding carboxylic acids is 1. The third kappa shape index (κ3) is 3.23. The van der Waals surface area contributed by atoms with Crippen LogP contribution >= 0.6 is 0 Å². The van der Waals surface area contributed by atoms with Crippen molar-refractivity contribution in [3.8, 4) is 0 Å². The van der Waals surface area contributed by atoms with E-state index in [0.29, 0.717) is 5.92 Å². The molecule has 0 aromatic rings. The molecule has 0 spiro atoms. The van der Waals surface area contributed by atoms with Crippen LogP contribution in [0.25, 0.3) is 0 Å². The molecule has 104 valence electrons. The van der Waals surface area contributed by atoms with Gasteiger partial charge < -0.3 is 15.4 Å². The molecule has 0 aromatic heterocycles. The second kappa shape index (κ2) is 6.53. The Morgan fingerprint density at radius 3 is 2.83 bits per heavy atom. The van der Waals surface area contributed by atoms with Gasteiger partial charge in [0.25, 0.3) is 0 Å². The van der Waals surface area contributed by atoms with Crippen molar-refractivity contribution in [1.82, 2.24) is 10.6 Å². The van der Waals surface area contributed by atoms with Crippen molar-refractivity contribution in [2.75, 3.05) is 32.8 Å². The number of ether oxygens (including phenoxy) is 1. The summed E-state index contributed by atoms with van der Waals surface area (Å²) in [5.74, 6) is 0.872. The summed E-state index contributed by atoms with van der Waals surface area (Å²) in [5, 5.41) is 6.52. The Balaban J connectivity index is 1.81. The average Bonchev–Trinajstić information content (AvgIpc) is 2.87. The van der Waals surface area contributed by atoms with E-state index in [-0.39, 0.29) is 11.3 Å². The van der Waals surface area contributed by atoms with E-state index in [1.54, 1.807) is 0 Å². The molecule has 1 unspecified atom stereocenters. The minimum absolute atomic E-state index is 0.139. The van der Waals surface area contributed by atoms with E-state index in [0.717, 1.165) is 65.0 Å². The first-order chi connectivity index (χ1) is 8.77. The minimum atomic E-state index is -0.139. The van der Waals surface area contributed by atoms with Crippen molar-refractivity contribution in [3.05, 3.63) is 0 Å². The standard InChI is InChI=1S/C14H26N2O2/c1-2-5-14(6-7-15-11-14)13(17)16-10-12-3-8-18-9-4-12/h12,15H,2-11H2,1H3,(H,16,17). The highest BCUT2D eigenvalue weighted by atomic mass is 16.5. The van der Waals surface area contributed by atoms with Crippen molar-refractivity contribution in [1.29, 1.82) is 0 Å². The molecule has 0 aliphatic carbocycles. The van der Waals surface area contributed by atoms with Crippen molar-refractivity contribution in [2.24, 2.45) is 11.3 Å². The number of nitrogens with one attached hydrogen (secondary N) is 2. The highest BCUT2D eigenvalue weighted by molar-refractivity contribution is 5.83. The zero-order valence-corrected chi connectivity index (χ0v) is 11.5. The summed E-state index contributed by atoms with van der Waals surface area (Å²) < 4.78 is 5.34. The molecule has 1 atom stereocenters. The van der Waals surface area contributed by atoms with Crippen LogP contribution in [0.15, 0.2) is 0 Å². The summed E-state index contributed by atoms with van der Waals surface area (Å²) in [6, 6.07) is 0. The molecule has 2 aliphatic rings. The van der Waals surface area contributed by atoms with Crippen molar-refractivity contribution >= 4 is 5.91 Å². The number of carbonyl (C=O) groups is 1. The molecule has 2 aliphatic heterocycles. The van der Waals surface area contributed by atoms with Gasteiger partial charge in [-0.3, -0.25) is 4.79 Å². The largest absolute Gasteiger partial charge is 0.381 e. The van der Waals surface area contributed by atoms with Gasteiger partial charge >= 0.3 is 0 Å². The van der Waals surface area contributed by atoms with E-state index >= 15 is 0 Å². The smallest absolute Gasteiger partial charge is 0.227 e. The predicted octanol–water partition coefficient (Wildman–Crippen LogP) is 1.31. The Morgan fingerprint density at radius 1 is 1.44 bits per heavy atom. The van der Waals surface area contributed by atoms with E-state index in [4.69, 9.17) is 4.74 Å². The van der Waals surface area contributed by atoms with Gasteiger partial charge in [0.1, 0.15) is 0 Å². The quantitative estimate of drug-likeness (QED) is 0.778. The first-order valence-electron chi connectivity index (χ1n) is 7.33. The molecule has 4 heteroatoms. The molecule has 18 heavy (non-hydrogen) atoms. The first kappa shape index (κ1) is 13.8. The number of rotatable bonds is 5. The molecule has 0 saturated carbocycles. The Morgan fingerprint density at radius 2 is 2.22 bits per heavy atom. The molecule has 2 rings (SSSR count). The third-order valence-electron chi connectivity index (χ3n) is 4.35. The fourth-order valence-corrected chi connectivity index (χ4v) is 3.12. The summed E-state index contributed by atoms with van der Waals surface area (Å²) in [6.07, 6.45) is 5.23. The monoisotopic (exact) mass is 254 g/mol. The molecule has 1 amide bonds. The van der Waals surface area contributed by atoms with Gasteiger partial charge in [0.05, 0.1) is 5.41 Å². The van der Waals surface area contributed by atoms with Gasteiger partial charge in [-0.25, -0.2) is 0 Å². The van der Waals surface area contributed by atoms with Crippen LogP contribution in [-0.2, 0) is 9.53 Å². The van der Waals surface area contributed by atoms with E-state index < -0.39 is 0 Å². The van der Waals surface area contributed by atoms with Crippen LogP contribution in [-0.4, -0.2) is 38.8 Å². The maximum atomic E-state index is 12.4. The highest BCUT2D eigenvalue weighted by Gasteiger charge is 2.40. The third-order valence-corrected chi connectivity index (χ3v) is 4.35. The topological polar surface area (TPSA) is 50.4 Å². The first-order valence-corrected chi connectivity index (χ1v) is 7.33. The molecule has 0 bridgehead atoms. The Kier molecular flexibility index (Phi) is 5.01. The molecular weight excluding hydrogens is 228 g/mol. The van der Waals surface area contributed by atoms with Gasteiger partial charge in [-0.1, -0.05) is 13.3 Å². The van der Waals surface area contributed by atoms with E-state index in [1.807, 2.05) is 0 Å². The molecule has 2 N–H and O–H groups in total. The number of hydrogen-bond acceptors (Lipinski definition) is 3. The SMILES string of the molecule is CCCC1(C(=O)NCC2CCOCC2)CCNC1. The summed E-state index contributed by atoms with van der Waals surface area (Å²) in [6.45, 7) is 6.51. The minimum Gasteiger partial charge on any atom is -0.381 e.